The molecule has 30 heavy (non-hydrogen) atoms. The third-order valence-electron chi connectivity index (χ3n) is 5.06. The Morgan fingerprint density at radius 3 is 2.87 bits per heavy atom. The fourth-order valence-electron chi connectivity index (χ4n) is 3.68. The van der Waals surface area contributed by atoms with Crippen LogP contribution in [0.4, 0.5) is 4.39 Å². The molecule has 5 nitrogen and oxygen atoms in total. The molecule has 0 radical (unpaired) electrons. The molecule has 2 atom stereocenters. The number of ether oxygens (including phenoxy) is 1. The van der Waals surface area contributed by atoms with Gasteiger partial charge in [0.05, 0.1) is 11.7 Å². The van der Waals surface area contributed by atoms with E-state index in [9.17, 15) is 4.39 Å². The van der Waals surface area contributed by atoms with Crippen molar-refractivity contribution in [2.45, 2.75) is 18.5 Å². The number of nitrogens with zero attached hydrogens (tertiary/aromatic N) is 2. The highest BCUT2D eigenvalue weighted by Gasteiger charge is 2.41. The number of rotatable bonds is 7. The lowest BCUT2D eigenvalue weighted by Gasteiger charge is -2.26. The van der Waals surface area contributed by atoms with Gasteiger partial charge >= 0.3 is 0 Å². The number of hydrogen-bond donors (Lipinski definition) is 1. The van der Waals surface area contributed by atoms with E-state index >= 15 is 0 Å². The highest BCUT2D eigenvalue weighted by molar-refractivity contribution is 9.10. The summed E-state index contributed by atoms with van der Waals surface area (Å²) >= 11 is 9.06. The maximum absolute atomic E-state index is 13.5. The Morgan fingerprint density at radius 2 is 2.13 bits per heavy atom. The standard InChI is InChI=1S/C22H21BrFN3O2S/c1-28-12-4-11-27-21(20(26-22(27)30)17-5-2-3-10-25-17)19-9-8-18(29-19)15-7-6-14(24)13-16(15)23/h2-3,5-10,13,20-21H,4,11-12H2,1H3,(H,26,30)/t20-,21-/m1/s1. The fourth-order valence-corrected chi connectivity index (χ4v) is 4.56. The molecule has 0 spiro atoms. The Morgan fingerprint density at radius 1 is 1.27 bits per heavy atom. The second kappa shape index (κ2) is 9.24. The zero-order valence-electron chi connectivity index (χ0n) is 16.3. The lowest BCUT2D eigenvalue weighted by molar-refractivity contribution is 0.177. The predicted molar refractivity (Wildman–Crippen MR) is 120 cm³/mol. The number of hydrogen-bond acceptors (Lipinski definition) is 4. The molecule has 0 aliphatic carbocycles. The maximum Gasteiger partial charge on any atom is 0.170 e. The minimum Gasteiger partial charge on any atom is -0.459 e. The van der Waals surface area contributed by atoms with Gasteiger partial charge in [-0.1, -0.05) is 6.07 Å². The van der Waals surface area contributed by atoms with Gasteiger partial charge in [0.25, 0.3) is 0 Å². The monoisotopic (exact) mass is 489 g/mol. The summed E-state index contributed by atoms with van der Waals surface area (Å²) < 4.78 is 25.6. The van der Waals surface area contributed by atoms with Crippen LogP contribution in [-0.2, 0) is 4.74 Å². The smallest absolute Gasteiger partial charge is 0.170 e. The average molecular weight is 490 g/mol. The van der Waals surface area contributed by atoms with E-state index in [2.05, 4.69) is 31.1 Å². The molecule has 8 heteroatoms. The Kier molecular flexibility index (Phi) is 6.46. The molecule has 156 valence electrons. The van der Waals surface area contributed by atoms with Crippen LogP contribution >= 0.6 is 28.1 Å². The summed E-state index contributed by atoms with van der Waals surface area (Å²) in [6, 6.07) is 13.9. The minimum absolute atomic E-state index is 0.142. The van der Waals surface area contributed by atoms with Gasteiger partial charge in [0.1, 0.15) is 23.4 Å². The van der Waals surface area contributed by atoms with Crippen LogP contribution in [0.25, 0.3) is 11.3 Å². The molecule has 3 aromatic rings. The van der Waals surface area contributed by atoms with E-state index < -0.39 is 0 Å². The summed E-state index contributed by atoms with van der Waals surface area (Å²) in [5, 5.41) is 4.06. The van der Waals surface area contributed by atoms with E-state index in [0.717, 1.165) is 30.0 Å². The van der Waals surface area contributed by atoms with E-state index in [-0.39, 0.29) is 17.9 Å². The quantitative estimate of drug-likeness (QED) is 0.361. The number of benzene rings is 1. The van der Waals surface area contributed by atoms with Gasteiger partial charge in [0, 0.05) is 36.5 Å². The van der Waals surface area contributed by atoms with Crippen LogP contribution in [-0.4, -0.2) is 35.3 Å². The maximum atomic E-state index is 13.5. The molecule has 0 bridgehead atoms. The second-order valence-electron chi connectivity index (χ2n) is 6.99. The van der Waals surface area contributed by atoms with Crippen LogP contribution < -0.4 is 5.32 Å². The highest BCUT2D eigenvalue weighted by atomic mass is 79.9. The Labute approximate surface area is 188 Å². The first-order valence-corrected chi connectivity index (χ1v) is 10.8. The van der Waals surface area contributed by atoms with E-state index in [0.29, 0.717) is 22.0 Å². The van der Waals surface area contributed by atoms with Crippen molar-refractivity contribution in [3.8, 4) is 11.3 Å². The molecule has 1 aliphatic rings. The topological polar surface area (TPSA) is 50.5 Å². The summed E-state index contributed by atoms with van der Waals surface area (Å²) in [5.74, 6) is 1.12. The van der Waals surface area contributed by atoms with Crippen LogP contribution in [0.2, 0.25) is 0 Å². The Hall–Kier alpha value is -2.29. The largest absolute Gasteiger partial charge is 0.459 e. The highest BCUT2D eigenvalue weighted by Crippen LogP contribution is 2.41. The van der Waals surface area contributed by atoms with E-state index in [1.165, 1.54) is 12.1 Å². The lowest BCUT2D eigenvalue weighted by Crippen LogP contribution is -2.31. The molecule has 1 N–H and O–H groups in total. The van der Waals surface area contributed by atoms with E-state index in [1.54, 1.807) is 19.4 Å². The van der Waals surface area contributed by atoms with Crippen LogP contribution in [0.3, 0.4) is 0 Å². The van der Waals surface area contributed by atoms with Crippen molar-refractivity contribution in [2.75, 3.05) is 20.3 Å². The Balaban J connectivity index is 1.69. The SMILES string of the molecule is COCCCN1C(=S)N[C@H](c2ccccn2)[C@H]1c1ccc(-c2ccc(F)cc2Br)o1. The number of thiocarbonyl (C=S) groups is 1. The number of methoxy groups -OCH3 is 1. The summed E-state index contributed by atoms with van der Waals surface area (Å²) in [5.41, 5.74) is 1.68. The number of furan rings is 1. The molecule has 3 heterocycles. The van der Waals surface area contributed by atoms with Crippen molar-refractivity contribution < 1.29 is 13.5 Å². The van der Waals surface area contributed by atoms with Crippen LogP contribution in [0.1, 0.15) is 30.0 Å². The number of nitrogens with one attached hydrogen (secondary N) is 1. The molecule has 4 rings (SSSR count). The third-order valence-corrected chi connectivity index (χ3v) is 6.07. The summed E-state index contributed by atoms with van der Waals surface area (Å²) in [6.07, 6.45) is 2.61. The number of pyridine rings is 1. The van der Waals surface area contributed by atoms with E-state index in [4.69, 9.17) is 21.4 Å². The van der Waals surface area contributed by atoms with Gasteiger partial charge in [0.2, 0.25) is 0 Å². The van der Waals surface area contributed by atoms with Crippen LogP contribution in [0, 0.1) is 5.82 Å². The Bertz CT molecular complexity index is 1030. The predicted octanol–water partition coefficient (Wildman–Crippen LogP) is 5.25. The first-order valence-electron chi connectivity index (χ1n) is 9.60. The molecule has 1 aliphatic heterocycles. The molecular formula is C22H21BrFN3O2S. The molecule has 0 amide bonds. The van der Waals surface area contributed by atoms with Crippen molar-refractivity contribution in [2.24, 2.45) is 0 Å². The van der Waals surface area contributed by atoms with Gasteiger partial charge in [-0.25, -0.2) is 4.39 Å². The molecule has 1 saturated heterocycles. The summed E-state index contributed by atoms with van der Waals surface area (Å²) in [4.78, 5) is 6.65. The van der Waals surface area contributed by atoms with Gasteiger partial charge in [-0.2, -0.15) is 0 Å². The molecule has 1 aromatic carbocycles. The van der Waals surface area contributed by atoms with Gasteiger partial charge in [-0.05, 0) is 77.0 Å². The zero-order valence-corrected chi connectivity index (χ0v) is 18.7. The first kappa shape index (κ1) is 21.0. The van der Waals surface area contributed by atoms with Crippen LogP contribution in [0.15, 0.2) is 63.6 Å². The number of halogens is 2. The molecule has 1 fully saturated rings. The fraction of sp³-hybridized carbons (Fsp3) is 0.273. The second-order valence-corrected chi connectivity index (χ2v) is 8.23. The minimum atomic E-state index is -0.303. The zero-order chi connectivity index (χ0) is 21.1. The van der Waals surface area contributed by atoms with Gasteiger partial charge in [-0.15, -0.1) is 0 Å². The normalized spacial score (nSPS) is 18.6. The van der Waals surface area contributed by atoms with Crippen molar-refractivity contribution in [3.05, 3.63) is 76.5 Å². The van der Waals surface area contributed by atoms with Gasteiger partial charge < -0.3 is 19.4 Å². The van der Waals surface area contributed by atoms with Crippen LogP contribution in [0.5, 0.6) is 0 Å². The van der Waals surface area contributed by atoms with Crippen molar-refractivity contribution in [1.29, 1.82) is 0 Å². The molecule has 2 aromatic heterocycles. The molecule has 0 unspecified atom stereocenters. The van der Waals surface area contributed by atoms with Crippen molar-refractivity contribution in [3.63, 3.8) is 0 Å². The van der Waals surface area contributed by atoms with Gasteiger partial charge in [0.15, 0.2) is 5.11 Å². The summed E-state index contributed by atoms with van der Waals surface area (Å²) in [6.45, 7) is 1.37. The average Bonchev–Trinajstić information content (AvgIpc) is 3.34. The molecular weight excluding hydrogens is 469 g/mol. The van der Waals surface area contributed by atoms with Crippen molar-refractivity contribution in [1.82, 2.24) is 15.2 Å². The molecule has 0 saturated carbocycles. The van der Waals surface area contributed by atoms with E-state index in [1.807, 2.05) is 30.3 Å². The number of aromatic nitrogens is 1. The summed E-state index contributed by atoms with van der Waals surface area (Å²) in [7, 11) is 1.69. The van der Waals surface area contributed by atoms with Gasteiger partial charge in [-0.3, -0.25) is 4.98 Å². The third kappa shape index (κ3) is 4.26. The first-order chi connectivity index (χ1) is 14.6. The lowest BCUT2D eigenvalue weighted by atomic mass is 10.0. The van der Waals surface area contributed by atoms with Crippen molar-refractivity contribution >= 4 is 33.3 Å².